The van der Waals surface area contributed by atoms with Crippen LogP contribution in [0, 0.1) is 0 Å². The number of benzene rings is 1. The van der Waals surface area contributed by atoms with E-state index in [9.17, 15) is 4.79 Å². The molecule has 0 bridgehead atoms. The van der Waals surface area contributed by atoms with Crippen LogP contribution < -0.4 is 11.1 Å². The highest BCUT2D eigenvalue weighted by Crippen LogP contribution is 2.33. The van der Waals surface area contributed by atoms with Crippen LogP contribution in [0.3, 0.4) is 0 Å². The largest absolute Gasteiger partial charge is 0.379 e. The number of aromatic nitrogens is 5. The molecule has 1 saturated heterocycles. The fourth-order valence-corrected chi connectivity index (χ4v) is 5.02. The summed E-state index contributed by atoms with van der Waals surface area (Å²) in [6.45, 7) is 7.53. The standard InChI is InChI=1S/C26H32N8O2/c1-3-34-23-19(26(35)28-13-9-15-33-14-8-7-10-17(33)2)16-29-20(18-11-5-4-6-12-18)21(23)30-25(34)22-24(27)32-36-31-22/h4-6,11-12,16-17H,3,7-10,13-15H2,1-2H3,(H2,27,32)(H,28,35). The lowest BCUT2D eigenvalue weighted by Crippen LogP contribution is -2.39. The molecule has 5 rings (SSSR count). The minimum absolute atomic E-state index is 0.146. The fraction of sp³-hybridized carbons (Fsp3) is 0.423. The number of amides is 1. The number of fused-ring (bicyclic) bond motifs is 1. The van der Waals surface area contributed by atoms with Gasteiger partial charge in [0.25, 0.3) is 5.91 Å². The van der Waals surface area contributed by atoms with Crippen LogP contribution in [0.25, 0.3) is 33.8 Å². The van der Waals surface area contributed by atoms with Crippen molar-refractivity contribution in [1.82, 2.24) is 35.1 Å². The monoisotopic (exact) mass is 488 g/mol. The lowest BCUT2D eigenvalue weighted by atomic mass is 10.0. The van der Waals surface area contributed by atoms with Crippen molar-refractivity contribution in [2.45, 2.75) is 52.1 Å². The molecule has 10 nitrogen and oxygen atoms in total. The molecule has 1 fully saturated rings. The van der Waals surface area contributed by atoms with E-state index in [0.29, 0.717) is 52.9 Å². The summed E-state index contributed by atoms with van der Waals surface area (Å²) in [6, 6.07) is 10.4. The van der Waals surface area contributed by atoms with Gasteiger partial charge in [0.15, 0.2) is 17.3 Å². The molecule has 3 aromatic heterocycles. The molecule has 188 valence electrons. The summed E-state index contributed by atoms with van der Waals surface area (Å²) >= 11 is 0. The van der Waals surface area contributed by atoms with Gasteiger partial charge in [0.2, 0.25) is 0 Å². The maximum Gasteiger partial charge on any atom is 0.255 e. The summed E-state index contributed by atoms with van der Waals surface area (Å²) in [6.07, 6.45) is 6.34. The van der Waals surface area contributed by atoms with E-state index in [-0.39, 0.29) is 11.7 Å². The highest BCUT2D eigenvalue weighted by molar-refractivity contribution is 6.08. The lowest BCUT2D eigenvalue weighted by molar-refractivity contribution is 0.0950. The maximum absolute atomic E-state index is 13.4. The molecule has 0 saturated carbocycles. The van der Waals surface area contributed by atoms with Crippen LogP contribution in [-0.4, -0.2) is 61.3 Å². The molecule has 1 atom stereocenters. The lowest BCUT2D eigenvalue weighted by Gasteiger charge is -2.33. The van der Waals surface area contributed by atoms with Crippen LogP contribution in [0.2, 0.25) is 0 Å². The Morgan fingerprint density at radius 1 is 1.19 bits per heavy atom. The number of hydrogen-bond donors (Lipinski definition) is 2. The second kappa shape index (κ2) is 10.4. The van der Waals surface area contributed by atoms with E-state index in [1.165, 1.54) is 19.3 Å². The second-order valence-electron chi connectivity index (χ2n) is 9.25. The summed E-state index contributed by atoms with van der Waals surface area (Å²) in [5.74, 6) is 0.461. The van der Waals surface area contributed by atoms with Crippen LogP contribution in [0.5, 0.6) is 0 Å². The van der Waals surface area contributed by atoms with Crippen molar-refractivity contribution in [3.8, 4) is 22.8 Å². The molecular formula is C26H32N8O2. The molecule has 0 aliphatic carbocycles. The van der Waals surface area contributed by atoms with Gasteiger partial charge in [-0.25, -0.2) is 9.61 Å². The number of hydrogen-bond acceptors (Lipinski definition) is 8. The van der Waals surface area contributed by atoms with Crippen molar-refractivity contribution in [2.24, 2.45) is 0 Å². The average Bonchev–Trinajstić information content (AvgIpc) is 3.50. The first kappa shape index (κ1) is 23.9. The average molecular weight is 489 g/mol. The minimum atomic E-state index is -0.175. The SMILES string of the molecule is CCn1c(-c2nonc2N)nc2c(-c3ccccc3)ncc(C(=O)NCCCN3CCCCC3C)c21. The summed E-state index contributed by atoms with van der Waals surface area (Å²) < 4.78 is 6.75. The van der Waals surface area contributed by atoms with Crippen molar-refractivity contribution < 1.29 is 9.42 Å². The van der Waals surface area contributed by atoms with Gasteiger partial charge in [0.05, 0.1) is 16.8 Å². The number of piperidine rings is 1. The Bertz CT molecular complexity index is 1350. The molecule has 10 heteroatoms. The number of nitrogens with zero attached hydrogens (tertiary/aromatic N) is 6. The van der Waals surface area contributed by atoms with Crippen LogP contribution in [0.15, 0.2) is 41.2 Å². The molecule has 0 spiro atoms. The third-order valence-electron chi connectivity index (χ3n) is 6.95. The Balaban J connectivity index is 1.47. The van der Waals surface area contributed by atoms with Crippen LogP contribution in [0.4, 0.5) is 5.82 Å². The van der Waals surface area contributed by atoms with E-state index in [1.807, 2.05) is 41.8 Å². The predicted molar refractivity (Wildman–Crippen MR) is 138 cm³/mol. The molecule has 4 aromatic rings. The number of imidazole rings is 1. The van der Waals surface area contributed by atoms with E-state index in [0.717, 1.165) is 25.1 Å². The third kappa shape index (κ3) is 4.56. The molecule has 36 heavy (non-hydrogen) atoms. The molecule has 4 heterocycles. The smallest absolute Gasteiger partial charge is 0.255 e. The van der Waals surface area contributed by atoms with Gasteiger partial charge in [-0.15, -0.1) is 0 Å². The van der Waals surface area contributed by atoms with Crippen LogP contribution in [-0.2, 0) is 6.54 Å². The number of pyridine rings is 1. The molecule has 1 unspecified atom stereocenters. The second-order valence-corrected chi connectivity index (χ2v) is 9.25. The van der Waals surface area contributed by atoms with Gasteiger partial charge in [-0.1, -0.05) is 36.8 Å². The number of likely N-dealkylation sites (tertiary alicyclic amines) is 1. The number of anilines is 1. The summed E-state index contributed by atoms with van der Waals surface area (Å²) in [7, 11) is 0. The van der Waals surface area contributed by atoms with Crippen LogP contribution in [0.1, 0.15) is 49.9 Å². The van der Waals surface area contributed by atoms with Gasteiger partial charge in [0.1, 0.15) is 5.52 Å². The molecule has 3 N–H and O–H groups in total. The Morgan fingerprint density at radius 2 is 2.03 bits per heavy atom. The summed E-state index contributed by atoms with van der Waals surface area (Å²) in [4.78, 5) is 25.4. The number of nitrogens with two attached hydrogens (primary N) is 1. The Labute approximate surface area is 209 Å². The maximum atomic E-state index is 13.4. The molecule has 1 aromatic carbocycles. The zero-order valence-electron chi connectivity index (χ0n) is 20.8. The van der Waals surface area contributed by atoms with E-state index in [2.05, 4.69) is 32.4 Å². The molecular weight excluding hydrogens is 456 g/mol. The third-order valence-corrected chi connectivity index (χ3v) is 6.95. The van der Waals surface area contributed by atoms with E-state index in [4.69, 9.17) is 15.3 Å². The Hall–Kier alpha value is -3.79. The molecule has 0 radical (unpaired) electrons. The van der Waals surface area contributed by atoms with Gasteiger partial charge in [-0.2, -0.15) is 0 Å². The topological polar surface area (TPSA) is 128 Å². The zero-order valence-corrected chi connectivity index (χ0v) is 20.8. The first-order chi connectivity index (χ1) is 17.6. The quantitative estimate of drug-likeness (QED) is 0.359. The number of carbonyl (C=O) groups excluding carboxylic acids is 1. The van der Waals surface area contributed by atoms with Crippen molar-refractivity contribution >= 4 is 22.8 Å². The van der Waals surface area contributed by atoms with Crippen molar-refractivity contribution in [1.29, 1.82) is 0 Å². The number of nitrogens with one attached hydrogen (secondary N) is 1. The van der Waals surface area contributed by atoms with Crippen LogP contribution >= 0.6 is 0 Å². The highest BCUT2D eigenvalue weighted by Gasteiger charge is 2.25. The summed E-state index contributed by atoms with van der Waals surface area (Å²) in [5.41, 5.74) is 9.69. The predicted octanol–water partition coefficient (Wildman–Crippen LogP) is 3.74. The molecule has 1 amide bonds. The van der Waals surface area contributed by atoms with Gasteiger partial charge in [-0.3, -0.25) is 9.78 Å². The van der Waals surface area contributed by atoms with Gasteiger partial charge < -0.3 is 20.5 Å². The minimum Gasteiger partial charge on any atom is -0.379 e. The van der Waals surface area contributed by atoms with Gasteiger partial charge >= 0.3 is 0 Å². The highest BCUT2D eigenvalue weighted by atomic mass is 16.6. The Morgan fingerprint density at radius 3 is 2.75 bits per heavy atom. The number of aryl methyl sites for hydroxylation is 1. The van der Waals surface area contributed by atoms with E-state index < -0.39 is 0 Å². The van der Waals surface area contributed by atoms with Gasteiger partial charge in [-0.05, 0) is 50.0 Å². The van der Waals surface area contributed by atoms with Gasteiger partial charge in [0, 0.05) is 37.4 Å². The molecule has 1 aliphatic rings. The molecule has 1 aliphatic heterocycles. The zero-order chi connectivity index (χ0) is 25.1. The number of rotatable bonds is 8. The van der Waals surface area contributed by atoms with Crippen molar-refractivity contribution in [3.05, 3.63) is 42.1 Å². The van der Waals surface area contributed by atoms with Crippen molar-refractivity contribution in [3.63, 3.8) is 0 Å². The normalized spacial score (nSPS) is 16.4. The van der Waals surface area contributed by atoms with Crippen molar-refractivity contribution in [2.75, 3.05) is 25.4 Å². The Kier molecular flexibility index (Phi) is 6.95. The summed E-state index contributed by atoms with van der Waals surface area (Å²) in [5, 5.41) is 10.8. The van der Waals surface area contributed by atoms with E-state index in [1.54, 1.807) is 6.20 Å². The number of nitrogen functional groups attached to an aromatic ring is 1. The number of carbonyl (C=O) groups is 1. The first-order valence-corrected chi connectivity index (χ1v) is 12.6. The van der Waals surface area contributed by atoms with E-state index >= 15 is 0 Å². The fourth-order valence-electron chi connectivity index (χ4n) is 5.02. The first-order valence-electron chi connectivity index (χ1n) is 12.6.